The third-order valence-electron chi connectivity index (χ3n) is 3.01. The molecule has 0 radical (unpaired) electrons. The molecule has 3 nitrogen and oxygen atoms in total. The number of halogens is 1. The van der Waals surface area contributed by atoms with Gasteiger partial charge in [0, 0.05) is 3.57 Å². The second-order valence-corrected chi connectivity index (χ2v) is 5.97. The predicted molar refractivity (Wildman–Crippen MR) is 104 cm³/mol. The Hall–Kier alpha value is -2.34. The number of hydrogen-bond acceptors (Lipinski definition) is 3. The molecule has 0 unspecified atom stereocenters. The molecule has 122 valence electrons. The first-order valence-electron chi connectivity index (χ1n) is 7.31. The Balaban J connectivity index is 0.000000249. The summed E-state index contributed by atoms with van der Waals surface area (Å²) in [7, 11) is 1.58. The van der Waals surface area contributed by atoms with Gasteiger partial charge in [-0.15, -0.1) is 0 Å². The molecule has 0 spiro atoms. The first kappa shape index (κ1) is 18.0. The highest BCUT2D eigenvalue weighted by Gasteiger charge is 2.07. The number of ether oxygens (including phenoxy) is 2. The van der Waals surface area contributed by atoms with E-state index in [9.17, 15) is 4.79 Å². The molecule has 0 atom stereocenters. The summed E-state index contributed by atoms with van der Waals surface area (Å²) >= 11 is 2.28. The number of hydrogen-bond donors (Lipinski definition) is 0. The number of rotatable bonds is 3. The monoisotopic (exact) mass is 432 g/mol. The molecule has 0 aromatic heterocycles. The fourth-order valence-corrected chi connectivity index (χ4v) is 2.21. The minimum absolute atomic E-state index is 0.376. The number of carbonyl (C=O) groups is 1. The Morgan fingerprint density at radius 3 is 1.75 bits per heavy atom. The number of esters is 1. The van der Waals surface area contributed by atoms with Gasteiger partial charge in [-0.2, -0.15) is 0 Å². The molecule has 3 aromatic carbocycles. The van der Waals surface area contributed by atoms with E-state index in [1.807, 2.05) is 36.4 Å². The molecule has 0 aliphatic carbocycles. The minimum atomic E-state index is -0.376. The maximum absolute atomic E-state index is 11.8. The molecule has 0 aliphatic rings. The van der Waals surface area contributed by atoms with Crippen LogP contribution < -0.4 is 9.47 Å². The average molecular weight is 432 g/mol. The van der Waals surface area contributed by atoms with E-state index in [-0.39, 0.29) is 5.97 Å². The molecule has 0 N–H and O–H groups in total. The van der Waals surface area contributed by atoms with Crippen LogP contribution in [0.3, 0.4) is 0 Å². The fourth-order valence-electron chi connectivity index (χ4n) is 1.80. The van der Waals surface area contributed by atoms with E-state index < -0.39 is 0 Å². The smallest absolute Gasteiger partial charge is 0.343 e. The number of benzene rings is 3. The van der Waals surface area contributed by atoms with Crippen LogP contribution in [-0.2, 0) is 0 Å². The molecule has 4 heteroatoms. The molecule has 0 amide bonds. The highest BCUT2D eigenvalue weighted by molar-refractivity contribution is 14.1. The molecule has 0 saturated carbocycles. The Bertz CT molecular complexity index is 741. The SMILES string of the molecule is COc1ccc(C(=O)Oc2ccccc2)cc1.Ic1ccccc1. The average Bonchev–Trinajstić information content (AvgIpc) is 2.64. The van der Waals surface area contributed by atoms with Gasteiger partial charge in [-0.3, -0.25) is 0 Å². The van der Waals surface area contributed by atoms with Crippen LogP contribution in [0.15, 0.2) is 84.9 Å². The lowest BCUT2D eigenvalue weighted by Crippen LogP contribution is -2.08. The van der Waals surface area contributed by atoms with Crippen LogP contribution >= 0.6 is 22.6 Å². The Morgan fingerprint density at radius 2 is 1.29 bits per heavy atom. The molecule has 0 heterocycles. The zero-order chi connectivity index (χ0) is 17.2. The van der Waals surface area contributed by atoms with E-state index in [1.165, 1.54) is 3.57 Å². The van der Waals surface area contributed by atoms with E-state index in [1.54, 1.807) is 43.5 Å². The molecular formula is C20H17IO3. The van der Waals surface area contributed by atoms with Crippen LogP contribution in [0.2, 0.25) is 0 Å². The summed E-state index contributed by atoms with van der Waals surface area (Å²) in [4.78, 5) is 11.8. The van der Waals surface area contributed by atoms with Crippen molar-refractivity contribution in [2.24, 2.45) is 0 Å². The van der Waals surface area contributed by atoms with E-state index in [2.05, 4.69) is 34.7 Å². The van der Waals surface area contributed by atoms with Crippen molar-refractivity contribution in [3.8, 4) is 11.5 Å². The third-order valence-corrected chi connectivity index (χ3v) is 3.73. The maximum Gasteiger partial charge on any atom is 0.343 e. The number of para-hydroxylation sites is 1. The molecule has 24 heavy (non-hydrogen) atoms. The largest absolute Gasteiger partial charge is 0.497 e. The van der Waals surface area contributed by atoms with Gasteiger partial charge in [0.15, 0.2) is 0 Å². The van der Waals surface area contributed by atoms with Gasteiger partial charge in [0.25, 0.3) is 0 Å². The van der Waals surface area contributed by atoms with Gasteiger partial charge in [0.05, 0.1) is 12.7 Å². The Kier molecular flexibility index (Phi) is 7.29. The lowest BCUT2D eigenvalue weighted by molar-refractivity contribution is 0.0735. The van der Waals surface area contributed by atoms with Crippen molar-refractivity contribution in [1.82, 2.24) is 0 Å². The van der Waals surface area contributed by atoms with E-state index in [0.29, 0.717) is 17.1 Å². The summed E-state index contributed by atoms with van der Waals surface area (Å²) in [5.41, 5.74) is 0.495. The van der Waals surface area contributed by atoms with Crippen LogP contribution in [0.5, 0.6) is 11.5 Å². The van der Waals surface area contributed by atoms with Crippen molar-refractivity contribution < 1.29 is 14.3 Å². The first-order chi connectivity index (χ1) is 11.7. The van der Waals surface area contributed by atoms with Gasteiger partial charge >= 0.3 is 5.97 Å². The van der Waals surface area contributed by atoms with Gasteiger partial charge in [0.2, 0.25) is 0 Å². The van der Waals surface area contributed by atoms with E-state index >= 15 is 0 Å². The third kappa shape index (κ3) is 6.04. The molecular weight excluding hydrogens is 415 g/mol. The molecule has 3 aromatic rings. The van der Waals surface area contributed by atoms with Crippen molar-refractivity contribution >= 4 is 28.6 Å². The van der Waals surface area contributed by atoms with E-state index in [4.69, 9.17) is 9.47 Å². The van der Waals surface area contributed by atoms with Crippen LogP contribution in [0.25, 0.3) is 0 Å². The van der Waals surface area contributed by atoms with Gasteiger partial charge < -0.3 is 9.47 Å². The van der Waals surface area contributed by atoms with E-state index in [0.717, 1.165) is 0 Å². The zero-order valence-corrected chi connectivity index (χ0v) is 15.3. The highest BCUT2D eigenvalue weighted by atomic mass is 127. The van der Waals surface area contributed by atoms with Crippen molar-refractivity contribution in [2.45, 2.75) is 0 Å². The van der Waals surface area contributed by atoms with Gasteiger partial charge in [0.1, 0.15) is 11.5 Å². The Labute approximate surface area is 155 Å². The summed E-state index contributed by atoms with van der Waals surface area (Å²) in [5.74, 6) is 0.869. The molecule has 0 saturated heterocycles. The number of carbonyl (C=O) groups excluding carboxylic acids is 1. The zero-order valence-electron chi connectivity index (χ0n) is 13.2. The summed E-state index contributed by atoms with van der Waals surface area (Å²) < 4.78 is 11.5. The summed E-state index contributed by atoms with van der Waals surface area (Å²) in [6, 6.07) is 26.0. The lowest BCUT2D eigenvalue weighted by atomic mass is 10.2. The topological polar surface area (TPSA) is 35.5 Å². The second-order valence-electron chi connectivity index (χ2n) is 4.73. The molecule has 0 bridgehead atoms. The van der Waals surface area contributed by atoms with Crippen LogP contribution in [0.4, 0.5) is 0 Å². The fraction of sp³-hybridized carbons (Fsp3) is 0.0500. The van der Waals surface area contributed by atoms with Crippen molar-refractivity contribution in [3.63, 3.8) is 0 Å². The summed E-state index contributed by atoms with van der Waals surface area (Å²) in [6.07, 6.45) is 0. The van der Waals surface area contributed by atoms with Crippen LogP contribution in [0, 0.1) is 3.57 Å². The normalized spacial score (nSPS) is 9.42. The molecule has 0 fully saturated rings. The minimum Gasteiger partial charge on any atom is -0.497 e. The maximum atomic E-state index is 11.8. The van der Waals surface area contributed by atoms with Crippen LogP contribution in [0.1, 0.15) is 10.4 Å². The summed E-state index contributed by atoms with van der Waals surface area (Å²) in [5, 5.41) is 0. The quantitative estimate of drug-likeness (QED) is 0.324. The van der Waals surface area contributed by atoms with Crippen molar-refractivity contribution in [3.05, 3.63) is 94.1 Å². The molecule has 0 aliphatic heterocycles. The van der Waals surface area contributed by atoms with Crippen LogP contribution in [-0.4, -0.2) is 13.1 Å². The second kappa shape index (κ2) is 9.72. The van der Waals surface area contributed by atoms with Gasteiger partial charge in [-0.1, -0.05) is 36.4 Å². The van der Waals surface area contributed by atoms with Gasteiger partial charge in [-0.25, -0.2) is 4.79 Å². The number of methoxy groups -OCH3 is 1. The standard InChI is InChI=1S/C14H12O3.C6H5I/c1-16-12-9-7-11(8-10-12)14(15)17-13-5-3-2-4-6-13;7-6-4-2-1-3-5-6/h2-10H,1H3;1-5H. The lowest BCUT2D eigenvalue weighted by Gasteiger charge is -2.04. The first-order valence-corrected chi connectivity index (χ1v) is 8.39. The van der Waals surface area contributed by atoms with Crippen molar-refractivity contribution in [1.29, 1.82) is 0 Å². The Morgan fingerprint density at radius 1 is 0.750 bits per heavy atom. The summed E-state index contributed by atoms with van der Waals surface area (Å²) in [6.45, 7) is 0. The highest BCUT2D eigenvalue weighted by Crippen LogP contribution is 2.15. The predicted octanol–water partition coefficient (Wildman–Crippen LogP) is 5.21. The van der Waals surface area contributed by atoms with Gasteiger partial charge in [-0.05, 0) is 71.1 Å². The van der Waals surface area contributed by atoms with Crippen molar-refractivity contribution in [2.75, 3.05) is 7.11 Å². The molecule has 3 rings (SSSR count).